The van der Waals surface area contributed by atoms with Crippen LogP contribution in [0.1, 0.15) is 37.0 Å². The zero-order valence-electron chi connectivity index (χ0n) is 10.5. The SMILES string of the molecule is Cc1ccc(OC2CCOCC2)c([C@H](C)O)c1. The van der Waals surface area contributed by atoms with Crippen molar-refractivity contribution in [3.8, 4) is 5.75 Å². The number of aryl methyl sites for hydroxylation is 1. The molecule has 1 saturated heterocycles. The molecular formula is C14H20O3. The molecule has 0 amide bonds. The lowest BCUT2D eigenvalue weighted by Crippen LogP contribution is -2.26. The molecule has 3 heteroatoms. The van der Waals surface area contributed by atoms with Crippen molar-refractivity contribution in [1.29, 1.82) is 0 Å². The molecule has 1 aromatic rings. The summed E-state index contributed by atoms with van der Waals surface area (Å²) < 4.78 is 11.3. The van der Waals surface area contributed by atoms with E-state index in [4.69, 9.17) is 9.47 Å². The number of hydrogen-bond acceptors (Lipinski definition) is 3. The number of rotatable bonds is 3. The van der Waals surface area contributed by atoms with E-state index in [0.717, 1.165) is 42.9 Å². The quantitative estimate of drug-likeness (QED) is 0.876. The third-order valence-electron chi connectivity index (χ3n) is 3.08. The van der Waals surface area contributed by atoms with Crippen LogP contribution in [0.5, 0.6) is 5.75 Å². The normalized spacial score (nSPS) is 19.0. The van der Waals surface area contributed by atoms with E-state index < -0.39 is 6.10 Å². The molecule has 1 fully saturated rings. The molecule has 1 N–H and O–H groups in total. The summed E-state index contributed by atoms with van der Waals surface area (Å²) in [6, 6.07) is 5.95. The largest absolute Gasteiger partial charge is 0.490 e. The van der Waals surface area contributed by atoms with Gasteiger partial charge in [-0.25, -0.2) is 0 Å². The lowest BCUT2D eigenvalue weighted by molar-refractivity contribution is 0.0242. The molecule has 0 radical (unpaired) electrons. The summed E-state index contributed by atoms with van der Waals surface area (Å²) >= 11 is 0. The minimum absolute atomic E-state index is 0.212. The molecule has 1 atom stereocenters. The van der Waals surface area contributed by atoms with Gasteiger partial charge in [0.15, 0.2) is 0 Å². The second-order valence-corrected chi connectivity index (χ2v) is 4.65. The Kier molecular flexibility index (Phi) is 4.02. The van der Waals surface area contributed by atoms with Crippen molar-refractivity contribution in [2.24, 2.45) is 0 Å². The molecule has 1 heterocycles. The number of ether oxygens (including phenoxy) is 2. The molecule has 0 spiro atoms. The minimum atomic E-state index is -0.496. The van der Waals surface area contributed by atoms with E-state index in [1.807, 2.05) is 25.1 Å². The van der Waals surface area contributed by atoms with E-state index in [1.54, 1.807) is 6.92 Å². The van der Waals surface area contributed by atoms with Gasteiger partial charge in [-0.3, -0.25) is 0 Å². The van der Waals surface area contributed by atoms with Crippen LogP contribution in [0.4, 0.5) is 0 Å². The Balaban J connectivity index is 2.13. The summed E-state index contributed by atoms with van der Waals surface area (Å²) in [5.41, 5.74) is 2.01. The number of aliphatic hydroxyl groups excluding tert-OH is 1. The Morgan fingerprint density at radius 1 is 1.35 bits per heavy atom. The Morgan fingerprint density at radius 2 is 2.06 bits per heavy atom. The summed E-state index contributed by atoms with van der Waals surface area (Å²) in [6.45, 7) is 5.32. The Bertz CT molecular complexity index is 368. The average molecular weight is 236 g/mol. The Labute approximate surface area is 102 Å². The van der Waals surface area contributed by atoms with Gasteiger partial charge in [-0.05, 0) is 26.0 Å². The zero-order valence-corrected chi connectivity index (χ0v) is 10.5. The first-order valence-corrected chi connectivity index (χ1v) is 6.20. The van der Waals surface area contributed by atoms with Gasteiger partial charge in [0, 0.05) is 18.4 Å². The van der Waals surface area contributed by atoms with Crippen molar-refractivity contribution in [2.75, 3.05) is 13.2 Å². The summed E-state index contributed by atoms with van der Waals surface area (Å²) in [5, 5.41) is 9.75. The predicted octanol–water partition coefficient (Wildman–Crippen LogP) is 2.61. The van der Waals surface area contributed by atoms with E-state index in [2.05, 4.69) is 0 Å². The van der Waals surface area contributed by atoms with E-state index in [1.165, 1.54) is 0 Å². The van der Waals surface area contributed by atoms with Gasteiger partial charge in [0.1, 0.15) is 11.9 Å². The van der Waals surface area contributed by atoms with Gasteiger partial charge in [-0.1, -0.05) is 11.6 Å². The lowest BCUT2D eigenvalue weighted by Gasteiger charge is -2.25. The molecule has 0 unspecified atom stereocenters. The van der Waals surface area contributed by atoms with Crippen LogP contribution in [0.3, 0.4) is 0 Å². The van der Waals surface area contributed by atoms with Gasteiger partial charge in [-0.15, -0.1) is 0 Å². The number of hydrogen-bond donors (Lipinski definition) is 1. The molecular weight excluding hydrogens is 216 g/mol. The maximum absolute atomic E-state index is 9.75. The summed E-state index contributed by atoms with van der Waals surface area (Å²) in [4.78, 5) is 0. The van der Waals surface area contributed by atoms with Gasteiger partial charge in [0.25, 0.3) is 0 Å². The highest BCUT2D eigenvalue weighted by molar-refractivity contribution is 5.38. The first kappa shape index (κ1) is 12.4. The van der Waals surface area contributed by atoms with Crippen LogP contribution in [0, 0.1) is 6.92 Å². The van der Waals surface area contributed by atoms with Crippen molar-refractivity contribution in [3.63, 3.8) is 0 Å². The maximum Gasteiger partial charge on any atom is 0.125 e. The third-order valence-corrected chi connectivity index (χ3v) is 3.08. The molecule has 94 valence electrons. The molecule has 1 aliphatic heterocycles. The van der Waals surface area contributed by atoms with E-state index in [-0.39, 0.29) is 6.10 Å². The standard InChI is InChI=1S/C14H20O3/c1-10-3-4-14(13(9-10)11(2)15)17-12-5-7-16-8-6-12/h3-4,9,11-12,15H,5-8H2,1-2H3/t11-/m0/s1. The Morgan fingerprint density at radius 3 is 2.71 bits per heavy atom. The van der Waals surface area contributed by atoms with Crippen molar-refractivity contribution in [1.82, 2.24) is 0 Å². The zero-order chi connectivity index (χ0) is 12.3. The fourth-order valence-electron chi connectivity index (χ4n) is 2.08. The second-order valence-electron chi connectivity index (χ2n) is 4.65. The highest BCUT2D eigenvalue weighted by atomic mass is 16.5. The molecule has 0 aromatic heterocycles. The lowest BCUT2D eigenvalue weighted by atomic mass is 10.1. The molecule has 1 aromatic carbocycles. The smallest absolute Gasteiger partial charge is 0.125 e. The summed E-state index contributed by atoms with van der Waals surface area (Å²) in [5.74, 6) is 0.803. The molecule has 1 aliphatic rings. The van der Waals surface area contributed by atoms with Gasteiger partial charge >= 0.3 is 0 Å². The van der Waals surface area contributed by atoms with Crippen LogP contribution < -0.4 is 4.74 Å². The summed E-state index contributed by atoms with van der Waals surface area (Å²) in [7, 11) is 0. The highest BCUT2D eigenvalue weighted by Gasteiger charge is 2.18. The fourth-order valence-corrected chi connectivity index (χ4v) is 2.08. The minimum Gasteiger partial charge on any atom is -0.490 e. The van der Waals surface area contributed by atoms with Crippen LogP contribution in [0.25, 0.3) is 0 Å². The van der Waals surface area contributed by atoms with Crippen LogP contribution in [0.2, 0.25) is 0 Å². The number of aliphatic hydroxyl groups is 1. The second kappa shape index (κ2) is 5.52. The average Bonchev–Trinajstić information content (AvgIpc) is 2.32. The number of benzene rings is 1. The van der Waals surface area contributed by atoms with Crippen molar-refractivity contribution in [2.45, 2.75) is 38.9 Å². The molecule has 3 nitrogen and oxygen atoms in total. The highest BCUT2D eigenvalue weighted by Crippen LogP contribution is 2.28. The fraction of sp³-hybridized carbons (Fsp3) is 0.571. The van der Waals surface area contributed by atoms with Crippen molar-refractivity contribution < 1.29 is 14.6 Å². The van der Waals surface area contributed by atoms with Crippen LogP contribution in [-0.4, -0.2) is 24.4 Å². The van der Waals surface area contributed by atoms with Gasteiger partial charge in [-0.2, -0.15) is 0 Å². The molecule has 17 heavy (non-hydrogen) atoms. The Hall–Kier alpha value is -1.06. The summed E-state index contributed by atoms with van der Waals surface area (Å²) in [6.07, 6.45) is 1.56. The van der Waals surface area contributed by atoms with Crippen LogP contribution >= 0.6 is 0 Å². The topological polar surface area (TPSA) is 38.7 Å². The molecule has 0 bridgehead atoms. The van der Waals surface area contributed by atoms with Gasteiger partial charge in [0.2, 0.25) is 0 Å². The first-order valence-electron chi connectivity index (χ1n) is 6.20. The predicted molar refractivity (Wildman–Crippen MR) is 66.3 cm³/mol. The van der Waals surface area contributed by atoms with E-state index in [9.17, 15) is 5.11 Å². The third kappa shape index (κ3) is 3.20. The maximum atomic E-state index is 9.75. The van der Waals surface area contributed by atoms with Crippen molar-refractivity contribution >= 4 is 0 Å². The van der Waals surface area contributed by atoms with Gasteiger partial charge < -0.3 is 14.6 Å². The van der Waals surface area contributed by atoms with Crippen LogP contribution in [0.15, 0.2) is 18.2 Å². The van der Waals surface area contributed by atoms with E-state index >= 15 is 0 Å². The van der Waals surface area contributed by atoms with Crippen molar-refractivity contribution in [3.05, 3.63) is 29.3 Å². The molecule has 0 aliphatic carbocycles. The van der Waals surface area contributed by atoms with Gasteiger partial charge in [0.05, 0.1) is 19.3 Å². The molecule has 0 saturated carbocycles. The first-order chi connectivity index (χ1) is 8.16. The molecule has 2 rings (SSSR count). The van der Waals surface area contributed by atoms with Crippen LogP contribution in [-0.2, 0) is 4.74 Å². The van der Waals surface area contributed by atoms with E-state index in [0.29, 0.717) is 0 Å². The monoisotopic (exact) mass is 236 g/mol.